The summed E-state index contributed by atoms with van der Waals surface area (Å²) in [5, 5.41) is 4.73. The highest BCUT2D eigenvalue weighted by Gasteiger charge is 2.19. The van der Waals surface area contributed by atoms with E-state index in [9.17, 15) is 9.18 Å². The monoisotopic (exact) mass is 428 g/mol. The zero-order valence-corrected chi connectivity index (χ0v) is 18.0. The van der Waals surface area contributed by atoms with Crippen LogP contribution >= 0.6 is 0 Å². The summed E-state index contributed by atoms with van der Waals surface area (Å²) in [7, 11) is 3.77. The number of benzene rings is 1. The van der Waals surface area contributed by atoms with Gasteiger partial charge in [0.05, 0.1) is 35.4 Å². The van der Waals surface area contributed by atoms with Crippen molar-refractivity contribution in [3.63, 3.8) is 0 Å². The number of hydrogen-bond acceptors (Lipinski definition) is 4. The summed E-state index contributed by atoms with van der Waals surface area (Å²) in [4.78, 5) is 21.8. The van der Waals surface area contributed by atoms with Gasteiger partial charge in [-0.25, -0.2) is 18.9 Å². The number of rotatable bonds is 5. The molecule has 5 rings (SSSR count). The lowest BCUT2D eigenvalue weighted by Crippen LogP contribution is -2.08. The molecule has 0 spiro atoms. The molecule has 5 aromatic rings. The number of aryl methyl sites for hydroxylation is 2. The Balaban J connectivity index is 1.53. The molecule has 160 valence electrons. The smallest absolute Gasteiger partial charge is 0.185 e. The maximum Gasteiger partial charge on any atom is 0.185 e. The first kappa shape index (κ1) is 19.9. The summed E-state index contributed by atoms with van der Waals surface area (Å²) in [5.74, 6) is 0.529. The first-order valence-corrected chi connectivity index (χ1v) is 10.2. The highest BCUT2D eigenvalue weighted by Crippen LogP contribution is 2.31. The van der Waals surface area contributed by atoms with Gasteiger partial charge in [0.15, 0.2) is 11.4 Å². The topological polar surface area (TPSA) is 70.0 Å². The lowest BCUT2D eigenvalue weighted by Gasteiger charge is -2.07. The Morgan fingerprint density at radius 3 is 2.53 bits per heavy atom. The van der Waals surface area contributed by atoms with E-state index in [4.69, 9.17) is 5.10 Å². The first-order chi connectivity index (χ1) is 15.4. The molecule has 0 N–H and O–H groups in total. The van der Waals surface area contributed by atoms with Crippen LogP contribution in [0.15, 0.2) is 60.9 Å². The minimum absolute atomic E-state index is 0.00184. The lowest BCUT2D eigenvalue weighted by molar-refractivity contribution is 0.0984. The van der Waals surface area contributed by atoms with E-state index in [2.05, 4.69) is 9.97 Å². The van der Waals surface area contributed by atoms with E-state index < -0.39 is 0 Å². The molecule has 0 saturated heterocycles. The maximum absolute atomic E-state index is 13.4. The number of halogens is 1. The standard InChI is InChI=1S/C24H21FN6O/c1-15-26-23(16-6-8-17(25)9-7-16)24(30(15)3)19-10-11-22-27-18(14-31(22)28-19)13-21(32)20-5-4-12-29(20)2/h4-12,14H,13H2,1-3H3. The van der Waals surface area contributed by atoms with Crippen LogP contribution in [0, 0.1) is 12.7 Å². The molecule has 8 heteroatoms. The van der Waals surface area contributed by atoms with E-state index in [-0.39, 0.29) is 18.0 Å². The van der Waals surface area contributed by atoms with Gasteiger partial charge in [-0.3, -0.25) is 4.79 Å². The van der Waals surface area contributed by atoms with Crippen LogP contribution in [0.3, 0.4) is 0 Å². The van der Waals surface area contributed by atoms with Crippen molar-refractivity contribution >= 4 is 11.4 Å². The van der Waals surface area contributed by atoms with Crippen LogP contribution in [0.1, 0.15) is 22.0 Å². The molecule has 7 nitrogen and oxygen atoms in total. The normalized spacial score (nSPS) is 11.4. The van der Waals surface area contributed by atoms with E-state index in [1.54, 1.807) is 33.5 Å². The van der Waals surface area contributed by atoms with Gasteiger partial charge >= 0.3 is 0 Å². The Hall–Kier alpha value is -4.07. The van der Waals surface area contributed by atoms with Crippen LogP contribution in [0.25, 0.3) is 28.3 Å². The second-order valence-electron chi connectivity index (χ2n) is 7.78. The summed E-state index contributed by atoms with van der Waals surface area (Å²) in [6, 6.07) is 13.7. The fourth-order valence-corrected chi connectivity index (χ4v) is 3.86. The fourth-order valence-electron chi connectivity index (χ4n) is 3.86. The lowest BCUT2D eigenvalue weighted by atomic mass is 10.1. The molecule has 0 aliphatic carbocycles. The molecule has 32 heavy (non-hydrogen) atoms. The summed E-state index contributed by atoms with van der Waals surface area (Å²) in [5.41, 5.74) is 5.03. The number of nitrogens with zero attached hydrogens (tertiary/aromatic N) is 6. The van der Waals surface area contributed by atoms with Crippen molar-refractivity contribution in [2.24, 2.45) is 14.1 Å². The molecule has 4 heterocycles. The minimum atomic E-state index is -0.293. The predicted octanol–water partition coefficient (Wildman–Crippen LogP) is 4.01. The second kappa shape index (κ2) is 7.56. The van der Waals surface area contributed by atoms with Gasteiger partial charge in [-0.05, 0) is 55.5 Å². The van der Waals surface area contributed by atoms with Gasteiger partial charge in [0.25, 0.3) is 0 Å². The van der Waals surface area contributed by atoms with Crippen molar-refractivity contribution in [2.45, 2.75) is 13.3 Å². The van der Waals surface area contributed by atoms with E-state index in [1.165, 1.54) is 12.1 Å². The van der Waals surface area contributed by atoms with Gasteiger partial charge in [-0.2, -0.15) is 5.10 Å². The summed E-state index contributed by atoms with van der Waals surface area (Å²) < 4.78 is 18.9. The Morgan fingerprint density at radius 1 is 1.03 bits per heavy atom. The molecule has 0 fully saturated rings. The molecule has 0 unspecified atom stereocenters. The van der Waals surface area contributed by atoms with Crippen LogP contribution in [0.2, 0.25) is 0 Å². The summed E-state index contributed by atoms with van der Waals surface area (Å²) >= 11 is 0. The average molecular weight is 428 g/mol. The zero-order valence-electron chi connectivity index (χ0n) is 18.0. The maximum atomic E-state index is 13.4. The van der Waals surface area contributed by atoms with Gasteiger partial charge < -0.3 is 9.13 Å². The van der Waals surface area contributed by atoms with Crippen LogP contribution in [0.5, 0.6) is 0 Å². The molecule has 0 saturated carbocycles. The van der Waals surface area contributed by atoms with Crippen molar-refractivity contribution in [3.05, 3.63) is 84.0 Å². The quantitative estimate of drug-likeness (QED) is 0.397. The molecule has 0 amide bonds. The highest BCUT2D eigenvalue weighted by atomic mass is 19.1. The number of Topliss-reactive ketones (excluding diaryl/α,β-unsaturated/α-hetero) is 1. The molecular weight excluding hydrogens is 407 g/mol. The highest BCUT2D eigenvalue weighted by molar-refractivity contribution is 5.96. The third kappa shape index (κ3) is 3.39. The molecule has 1 aromatic carbocycles. The van der Waals surface area contributed by atoms with Gasteiger partial charge in [0.1, 0.15) is 17.3 Å². The molecule has 0 aliphatic rings. The van der Waals surface area contributed by atoms with E-state index in [0.29, 0.717) is 22.7 Å². The summed E-state index contributed by atoms with van der Waals surface area (Å²) in [6.07, 6.45) is 3.82. The van der Waals surface area contributed by atoms with Crippen molar-refractivity contribution in [3.8, 4) is 22.6 Å². The number of carbonyl (C=O) groups excluding carboxylic acids is 1. The number of carbonyl (C=O) groups is 1. The molecule has 0 atom stereocenters. The minimum Gasteiger partial charge on any atom is -0.348 e. The van der Waals surface area contributed by atoms with Crippen molar-refractivity contribution < 1.29 is 9.18 Å². The number of fused-ring (bicyclic) bond motifs is 1. The van der Waals surface area contributed by atoms with Crippen LogP contribution in [-0.2, 0) is 20.5 Å². The van der Waals surface area contributed by atoms with Crippen molar-refractivity contribution in [1.29, 1.82) is 0 Å². The Bertz CT molecular complexity index is 1460. The molecule has 0 aliphatic heterocycles. The van der Waals surface area contributed by atoms with E-state index in [0.717, 1.165) is 22.8 Å². The van der Waals surface area contributed by atoms with Crippen LogP contribution in [0.4, 0.5) is 4.39 Å². The van der Waals surface area contributed by atoms with Crippen molar-refractivity contribution in [2.75, 3.05) is 0 Å². The van der Waals surface area contributed by atoms with Gasteiger partial charge in [-0.15, -0.1) is 0 Å². The zero-order chi connectivity index (χ0) is 22.4. The SMILES string of the molecule is Cc1nc(-c2ccc(F)cc2)c(-c2ccc3nc(CC(=O)c4cccn4C)cn3n2)n1C. The largest absolute Gasteiger partial charge is 0.348 e. The third-order valence-corrected chi connectivity index (χ3v) is 5.62. The Labute approximate surface area is 183 Å². The first-order valence-electron chi connectivity index (χ1n) is 10.2. The predicted molar refractivity (Wildman–Crippen MR) is 119 cm³/mol. The van der Waals surface area contributed by atoms with E-state index >= 15 is 0 Å². The molecule has 0 radical (unpaired) electrons. The van der Waals surface area contributed by atoms with Crippen LogP contribution in [-0.4, -0.2) is 34.5 Å². The van der Waals surface area contributed by atoms with E-state index in [1.807, 2.05) is 50.0 Å². The van der Waals surface area contributed by atoms with Gasteiger partial charge in [0.2, 0.25) is 0 Å². The van der Waals surface area contributed by atoms with Gasteiger partial charge in [0, 0.05) is 25.9 Å². The number of imidazole rings is 2. The summed E-state index contributed by atoms with van der Waals surface area (Å²) in [6.45, 7) is 1.92. The molecule has 4 aromatic heterocycles. The number of ketones is 1. The fraction of sp³-hybridized carbons (Fsp3) is 0.167. The number of hydrogen-bond donors (Lipinski definition) is 0. The Morgan fingerprint density at radius 2 is 1.81 bits per heavy atom. The molecular formula is C24H21FN6O. The van der Waals surface area contributed by atoms with Gasteiger partial charge in [-0.1, -0.05) is 0 Å². The second-order valence-corrected chi connectivity index (χ2v) is 7.78. The third-order valence-electron chi connectivity index (χ3n) is 5.62. The molecule has 0 bridgehead atoms. The van der Waals surface area contributed by atoms with Crippen molar-refractivity contribution in [1.82, 2.24) is 28.7 Å². The average Bonchev–Trinajstić information content (AvgIpc) is 3.45. The Kier molecular flexibility index (Phi) is 4.70. The van der Waals surface area contributed by atoms with Crippen LogP contribution < -0.4 is 0 Å². The number of aromatic nitrogens is 6.